The predicted octanol–water partition coefficient (Wildman–Crippen LogP) is 1.21. The highest BCUT2D eigenvalue weighted by molar-refractivity contribution is 5.69. The molecule has 0 saturated heterocycles. The summed E-state index contributed by atoms with van der Waals surface area (Å²) in [5, 5.41) is 0. The molecule has 0 aromatic carbocycles. The minimum atomic E-state index is -0.114. The third kappa shape index (κ3) is 7.65. The Morgan fingerprint density at radius 1 is 1.12 bits per heavy atom. The van der Waals surface area contributed by atoms with Gasteiger partial charge in [0.15, 0.2) is 0 Å². The Labute approximate surface area is 99.5 Å². The quantitative estimate of drug-likeness (QED) is 0.557. The molecule has 0 aromatic heterocycles. The number of carbonyl (C=O) groups excluding carboxylic acids is 1. The summed E-state index contributed by atoms with van der Waals surface area (Å²) in [6.45, 7) is 9.68. The molecule has 0 aromatic rings. The molecule has 0 aliphatic rings. The average molecular weight is 230 g/mol. The van der Waals surface area contributed by atoms with E-state index in [0.717, 1.165) is 39.1 Å². The van der Waals surface area contributed by atoms with E-state index in [1.54, 1.807) is 0 Å². The van der Waals surface area contributed by atoms with Gasteiger partial charge in [-0.25, -0.2) is 0 Å². The van der Waals surface area contributed by atoms with Crippen LogP contribution < -0.4 is 0 Å². The van der Waals surface area contributed by atoms with Crippen LogP contribution in [-0.4, -0.2) is 62.7 Å². The summed E-state index contributed by atoms with van der Waals surface area (Å²) < 4.78 is 4.60. The number of ether oxygens (including phenoxy) is 1. The Kier molecular flexibility index (Phi) is 9.24. The average Bonchev–Trinajstić information content (AvgIpc) is 2.30. The zero-order valence-electron chi connectivity index (χ0n) is 11.2. The van der Waals surface area contributed by atoms with E-state index in [4.69, 9.17) is 0 Å². The highest BCUT2D eigenvalue weighted by atomic mass is 16.5. The van der Waals surface area contributed by atoms with Crippen LogP contribution in [0.2, 0.25) is 0 Å². The van der Waals surface area contributed by atoms with Gasteiger partial charge in [0.1, 0.15) is 0 Å². The van der Waals surface area contributed by atoms with Gasteiger partial charge in [-0.3, -0.25) is 4.79 Å². The third-order valence-corrected chi connectivity index (χ3v) is 2.84. The van der Waals surface area contributed by atoms with Gasteiger partial charge in [0, 0.05) is 19.5 Å². The zero-order chi connectivity index (χ0) is 12.4. The van der Waals surface area contributed by atoms with Crippen LogP contribution >= 0.6 is 0 Å². The largest absolute Gasteiger partial charge is 0.469 e. The second-order valence-corrected chi connectivity index (χ2v) is 4.01. The standard InChI is InChI=1S/C12H26N2O2/c1-5-14(6-2)11-10-13(3)9-7-8-12(15)16-4/h5-11H2,1-4H3. The van der Waals surface area contributed by atoms with E-state index in [-0.39, 0.29) is 5.97 Å². The van der Waals surface area contributed by atoms with Gasteiger partial charge in [-0.2, -0.15) is 0 Å². The first-order chi connectivity index (χ1) is 7.63. The van der Waals surface area contributed by atoms with E-state index < -0.39 is 0 Å². The number of nitrogens with zero attached hydrogens (tertiary/aromatic N) is 2. The Morgan fingerprint density at radius 2 is 1.75 bits per heavy atom. The lowest BCUT2D eigenvalue weighted by Crippen LogP contribution is -2.33. The second kappa shape index (κ2) is 9.60. The molecule has 96 valence electrons. The van der Waals surface area contributed by atoms with E-state index in [9.17, 15) is 4.79 Å². The van der Waals surface area contributed by atoms with Crippen LogP contribution in [0.5, 0.6) is 0 Å². The summed E-state index contributed by atoms with van der Waals surface area (Å²) in [5.41, 5.74) is 0. The summed E-state index contributed by atoms with van der Waals surface area (Å²) in [4.78, 5) is 15.6. The normalized spacial score (nSPS) is 11.1. The van der Waals surface area contributed by atoms with Crippen LogP contribution in [0.1, 0.15) is 26.7 Å². The molecule has 0 fully saturated rings. The van der Waals surface area contributed by atoms with Crippen molar-refractivity contribution in [3.63, 3.8) is 0 Å². The summed E-state index contributed by atoms with van der Waals surface area (Å²) in [6.07, 6.45) is 1.40. The lowest BCUT2D eigenvalue weighted by molar-refractivity contribution is -0.140. The fraction of sp³-hybridized carbons (Fsp3) is 0.917. The summed E-state index contributed by atoms with van der Waals surface area (Å²) in [6, 6.07) is 0. The maximum absolute atomic E-state index is 10.9. The van der Waals surface area contributed by atoms with Crippen molar-refractivity contribution in [2.75, 3.05) is 46.9 Å². The molecule has 0 unspecified atom stereocenters. The van der Waals surface area contributed by atoms with Crippen LogP contribution in [0.15, 0.2) is 0 Å². The number of likely N-dealkylation sites (N-methyl/N-ethyl adjacent to an activating group) is 2. The molecular weight excluding hydrogens is 204 g/mol. The molecule has 4 nitrogen and oxygen atoms in total. The van der Waals surface area contributed by atoms with Gasteiger partial charge >= 0.3 is 5.97 Å². The molecule has 0 atom stereocenters. The maximum Gasteiger partial charge on any atom is 0.305 e. The zero-order valence-corrected chi connectivity index (χ0v) is 11.2. The molecule has 0 bridgehead atoms. The highest BCUT2D eigenvalue weighted by Crippen LogP contribution is 1.96. The third-order valence-electron chi connectivity index (χ3n) is 2.84. The second-order valence-electron chi connectivity index (χ2n) is 4.01. The van der Waals surface area contributed by atoms with Crippen molar-refractivity contribution < 1.29 is 9.53 Å². The Bertz CT molecular complexity index is 182. The van der Waals surface area contributed by atoms with Crippen LogP contribution in [0.4, 0.5) is 0 Å². The number of methoxy groups -OCH3 is 1. The molecule has 4 heteroatoms. The molecule has 0 aliphatic carbocycles. The molecule has 0 radical (unpaired) electrons. The topological polar surface area (TPSA) is 32.8 Å². The van der Waals surface area contributed by atoms with Crippen molar-refractivity contribution in [1.82, 2.24) is 9.80 Å². The predicted molar refractivity (Wildman–Crippen MR) is 66.5 cm³/mol. The first-order valence-corrected chi connectivity index (χ1v) is 6.11. The number of esters is 1. The molecule has 0 saturated carbocycles. The molecule has 16 heavy (non-hydrogen) atoms. The number of hydrogen-bond donors (Lipinski definition) is 0. The van der Waals surface area contributed by atoms with Crippen molar-refractivity contribution >= 4 is 5.97 Å². The van der Waals surface area contributed by atoms with Crippen LogP contribution in [-0.2, 0) is 9.53 Å². The van der Waals surface area contributed by atoms with Gasteiger partial charge in [0.05, 0.1) is 7.11 Å². The lowest BCUT2D eigenvalue weighted by Gasteiger charge is -2.22. The lowest BCUT2D eigenvalue weighted by atomic mass is 10.3. The molecule has 0 aliphatic heterocycles. The highest BCUT2D eigenvalue weighted by Gasteiger charge is 2.04. The van der Waals surface area contributed by atoms with Gasteiger partial charge in [-0.05, 0) is 33.1 Å². The molecular formula is C12H26N2O2. The fourth-order valence-corrected chi connectivity index (χ4v) is 1.56. The van der Waals surface area contributed by atoms with Gasteiger partial charge in [0.25, 0.3) is 0 Å². The number of rotatable bonds is 9. The molecule has 0 N–H and O–H groups in total. The van der Waals surface area contributed by atoms with E-state index in [2.05, 4.69) is 35.4 Å². The molecule has 0 amide bonds. The SMILES string of the molecule is CCN(CC)CCN(C)CCCC(=O)OC. The summed E-state index contributed by atoms with van der Waals surface area (Å²) >= 11 is 0. The number of carbonyl (C=O) groups is 1. The Hall–Kier alpha value is -0.610. The maximum atomic E-state index is 10.9. The molecule has 0 rings (SSSR count). The van der Waals surface area contributed by atoms with Crippen LogP contribution in [0.25, 0.3) is 0 Å². The Balaban J connectivity index is 3.50. The van der Waals surface area contributed by atoms with E-state index in [1.165, 1.54) is 7.11 Å². The van der Waals surface area contributed by atoms with Gasteiger partial charge in [-0.1, -0.05) is 13.8 Å². The minimum absolute atomic E-state index is 0.114. The molecule has 0 heterocycles. The first kappa shape index (κ1) is 15.4. The summed E-state index contributed by atoms with van der Waals surface area (Å²) in [5.74, 6) is -0.114. The van der Waals surface area contributed by atoms with Crippen LogP contribution in [0.3, 0.4) is 0 Å². The van der Waals surface area contributed by atoms with Crippen molar-refractivity contribution in [1.29, 1.82) is 0 Å². The van der Waals surface area contributed by atoms with Gasteiger partial charge in [0.2, 0.25) is 0 Å². The van der Waals surface area contributed by atoms with Crippen molar-refractivity contribution in [2.45, 2.75) is 26.7 Å². The van der Waals surface area contributed by atoms with Gasteiger partial charge < -0.3 is 14.5 Å². The van der Waals surface area contributed by atoms with E-state index in [0.29, 0.717) is 6.42 Å². The van der Waals surface area contributed by atoms with Crippen molar-refractivity contribution in [3.8, 4) is 0 Å². The van der Waals surface area contributed by atoms with Gasteiger partial charge in [-0.15, -0.1) is 0 Å². The number of hydrogen-bond acceptors (Lipinski definition) is 4. The van der Waals surface area contributed by atoms with Crippen molar-refractivity contribution in [2.24, 2.45) is 0 Å². The smallest absolute Gasteiger partial charge is 0.305 e. The van der Waals surface area contributed by atoms with Crippen LogP contribution in [0, 0.1) is 0 Å². The minimum Gasteiger partial charge on any atom is -0.469 e. The first-order valence-electron chi connectivity index (χ1n) is 6.11. The van der Waals surface area contributed by atoms with E-state index >= 15 is 0 Å². The molecule has 0 spiro atoms. The fourth-order valence-electron chi connectivity index (χ4n) is 1.56. The van der Waals surface area contributed by atoms with Crippen molar-refractivity contribution in [3.05, 3.63) is 0 Å². The van der Waals surface area contributed by atoms with E-state index in [1.807, 2.05) is 0 Å². The monoisotopic (exact) mass is 230 g/mol. The Morgan fingerprint density at radius 3 is 2.25 bits per heavy atom. The summed E-state index contributed by atoms with van der Waals surface area (Å²) in [7, 11) is 3.53.